The third-order valence-corrected chi connectivity index (χ3v) is 5.63. The van der Waals surface area contributed by atoms with Crippen LogP contribution in [0.4, 0.5) is 5.69 Å². The van der Waals surface area contributed by atoms with Gasteiger partial charge in [0.15, 0.2) is 11.5 Å². The number of rotatable bonds is 10. The number of aromatic hydroxyl groups is 1. The number of para-hydroxylation sites is 1. The van der Waals surface area contributed by atoms with E-state index >= 15 is 0 Å². The summed E-state index contributed by atoms with van der Waals surface area (Å²) in [7, 11) is 3.23. The molecule has 0 saturated carbocycles. The topological polar surface area (TPSA) is 75.6 Å². The minimum Gasteiger partial charge on any atom is -0.504 e. The minimum atomic E-state index is 0.197. The van der Waals surface area contributed by atoms with Gasteiger partial charge in [-0.05, 0) is 54.4 Å². The van der Waals surface area contributed by atoms with Crippen molar-refractivity contribution in [1.29, 1.82) is 0 Å². The first-order valence-corrected chi connectivity index (χ1v) is 11.0. The molecule has 0 saturated heterocycles. The van der Waals surface area contributed by atoms with E-state index in [0.29, 0.717) is 12.3 Å². The highest BCUT2D eigenvalue weighted by molar-refractivity contribution is 5.93. The summed E-state index contributed by atoms with van der Waals surface area (Å²) in [4.78, 5) is 4.56. The third-order valence-electron chi connectivity index (χ3n) is 5.63. The number of nitrogens with zero attached hydrogens (tertiary/aromatic N) is 1. The van der Waals surface area contributed by atoms with Crippen molar-refractivity contribution in [3.63, 3.8) is 0 Å². The Morgan fingerprint density at radius 2 is 1.70 bits per heavy atom. The molecule has 0 atom stereocenters. The van der Waals surface area contributed by atoms with Gasteiger partial charge in [-0.15, -0.1) is 0 Å². The third kappa shape index (κ3) is 5.35. The maximum atomic E-state index is 10.2. The van der Waals surface area contributed by atoms with Gasteiger partial charge in [-0.3, -0.25) is 4.98 Å². The number of hydrogen-bond acceptors (Lipinski definition) is 6. The van der Waals surface area contributed by atoms with Crippen LogP contribution >= 0.6 is 0 Å². The number of fused-ring (bicyclic) bond motifs is 1. The van der Waals surface area contributed by atoms with Gasteiger partial charge in [0, 0.05) is 35.9 Å². The second-order valence-electron chi connectivity index (χ2n) is 7.74. The Balaban J connectivity index is 1.32. The van der Waals surface area contributed by atoms with Crippen LogP contribution in [0.25, 0.3) is 22.0 Å². The Bertz CT molecular complexity index is 1210. The number of aromatic nitrogens is 1. The van der Waals surface area contributed by atoms with Crippen LogP contribution in [0.3, 0.4) is 0 Å². The minimum absolute atomic E-state index is 0.197. The number of anilines is 1. The number of ether oxygens (including phenoxy) is 2. The number of methoxy groups -OCH3 is 2. The zero-order chi connectivity index (χ0) is 23.0. The Morgan fingerprint density at radius 1 is 0.879 bits per heavy atom. The Kier molecular flexibility index (Phi) is 7.27. The van der Waals surface area contributed by atoms with Gasteiger partial charge in [0.25, 0.3) is 0 Å². The van der Waals surface area contributed by atoms with Crippen LogP contribution in [-0.4, -0.2) is 37.4 Å². The average Bonchev–Trinajstić information content (AvgIpc) is 2.86. The lowest BCUT2D eigenvalue weighted by molar-refractivity contribution is 0.369. The van der Waals surface area contributed by atoms with Gasteiger partial charge < -0.3 is 25.2 Å². The molecule has 0 amide bonds. The van der Waals surface area contributed by atoms with Crippen molar-refractivity contribution in [1.82, 2.24) is 10.3 Å². The van der Waals surface area contributed by atoms with Crippen molar-refractivity contribution in [2.45, 2.75) is 13.0 Å². The Hall–Kier alpha value is -3.77. The average molecular weight is 444 g/mol. The molecule has 0 spiro atoms. The summed E-state index contributed by atoms with van der Waals surface area (Å²) < 4.78 is 10.4. The van der Waals surface area contributed by atoms with Crippen molar-refractivity contribution in [2.75, 3.05) is 32.6 Å². The molecule has 0 unspecified atom stereocenters. The molecule has 33 heavy (non-hydrogen) atoms. The van der Waals surface area contributed by atoms with Crippen LogP contribution in [-0.2, 0) is 6.54 Å². The van der Waals surface area contributed by atoms with E-state index in [1.165, 1.54) is 0 Å². The summed E-state index contributed by atoms with van der Waals surface area (Å²) in [6.07, 6.45) is 2.78. The highest BCUT2D eigenvalue weighted by atomic mass is 16.5. The summed E-state index contributed by atoms with van der Waals surface area (Å²) in [5, 5.41) is 18.2. The van der Waals surface area contributed by atoms with Crippen LogP contribution in [0, 0.1) is 0 Å². The lowest BCUT2D eigenvalue weighted by Crippen LogP contribution is -2.17. The maximum absolute atomic E-state index is 10.2. The molecule has 3 N–H and O–H groups in total. The smallest absolute Gasteiger partial charge is 0.162 e. The van der Waals surface area contributed by atoms with Crippen LogP contribution in [0.5, 0.6) is 17.2 Å². The van der Waals surface area contributed by atoms with Gasteiger partial charge in [-0.25, -0.2) is 0 Å². The zero-order valence-corrected chi connectivity index (χ0v) is 19.0. The fourth-order valence-electron chi connectivity index (χ4n) is 3.80. The molecule has 3 aromatic carbocycles. The van der Waals surface area contributed by atoms with Crippen LogP contribution < -0.4 is 20.1 Å². The molecule has 6 nitrogen and oxygen atoms in total. The van der Waals surface area contributed by atoms with E-state index in [9.17, 15) is 5.11 Å². The van der Waals surface area contributed by atoms with Gasteiger partial charge in [0.05, 0.1) is 19.7 Å². The highest BCUT2D eigenvalue weighted by Crippen LogP contribution is 2.30. The molecule has 0 aliphatic rings. The van der Waals surface area contributed by atoms with Gasteiger partial charge in [0.2, 0.25) is 0 Å². The summed E-state index contributed by atoms with van der Waals surface area (Å²) in [5.74, 6) is 1.54. The molecule has 4 aromatic rings. The van der Waals surface area contributed by atoms with Crippen LogP contribution in [0.2, 0.25) is 0 Å². The molecule has 0 radical (unpaired) electrons. The fraction of sp³-hybridized carbons (Fsp3) is 0.222. The van der Waals surface area contributed by atoms with E-state index in [1.807, 2.05) is 36.5 Å². The van der Waals surface area contributed by atoms with Gasteiger partial charge >= 0.3 is 0 Å². The van der Waals surface area contributed by atoms with Crippen molar-refractivity contribution in [3.05, 3.63) is 78.5 Å². The molecule has 0 aliphatic carbocycles. The van der Waals surface area contributed by atoms with E-state index in [0.717, 1.165) is 58.5 Å². The number of phenols is 1. The van der Waals surface area contributed by atoms with Gasteiger partial charge in [0.1, 0.15) is 5.75 Å². The standard InChI is InChI=1S/C27H29N3O3/c1-32-22-10-7-19(8-11-22)20-9-12-23-24(13-16-30-25(23)17-20)29-15-4-14-28-18-21-5-3-6-26(33-2)27(21)31/h3,5-13,16-17,28,31H,4,14-15,18H2,1-2H3,(H,29,30). The quantitative estimate of drug-likeness (QED) is 0.292. The highest BCUT2D eigenvalue weighted by Gasteiger charge is 2.07. The zero-order valence-electron chi connectivity index (χ0n) is 19.0. The molecule has 6 heteroatoms. The summed E-state index contributed by atoms with van der Waals surface area (Å²) in [6, 6.07) is 21.9. The summed E-state index contributed by atoms with van der Waals surface area (Å²) in [6.45, 7) is 2.25. The molecule has 0 fully saturated rings. The van der Waals surface area contributed by atoms with E-state index in [2.05, 4.69) is 45.9 Å². The first-order valence-electron chi connectivity index (χ1n) is 11.0. The Morgan fingerprint density at radius 3 is 2.48 bits per heavy atom. The van der Waals surface area contributed by atoms with E-state index in [-0.39, 0.29) is 5.75 Å². The number of pyridine rings is 1. The predicted molar refractivity (Wildman–Crippen MR) is 133 cm³/mol. The lowest BCUT2D eigenvalue weighted by Gasteiger charge is -2.12. The molecule has 170 valence electrons. The van der Waals surface area contributed by atoms with Gasteiger partial charge in [-0.1, -0.05) is 36.4 Å². The van der Waals surface area contributed by atoms with Crippen molar-refractivity contribution < 1.29 is 14.6 Å². The number of phenolic OH excluding ortho intramolecular Hbond substituents is 1. The maximum Gasteiger partial charge on any atom is 0.162 e. The molecular formula is C27H29N3O3. The molecule has 1 aromatic heterocycles. The molecule has 1 heterocycles. The van der Waals surface area contributed by atoms with Gasteiger partial charge in [-0.2, -0.15) is 0 Å². The van der Waals surface area contributed by atoms with E-state index in [4.69, 9.17) is 9.47 Å². The van der Waals surface area contributed by atoms with Crippen molar-refractivity contribution in [3.8, 4) is 28.4 Å². The molecule has 0 aliphatic heterocycles. The molecule has 0 bridgehead atoms. The van der Waals surface area contributed by atoms with Crippen molar-refractivity contribution in [2.24, 2.45) is 0 Å². The molecule has 4 rings (SSSR count). The number of benzene rings is 3. The Labute approximate surface area is 194 Å². The second kappa shape index (κ2) is 10.7. The normalized spacial score (nSPS) is 10.8. The fourth-order valence-corrected chi connectivity index (χ4v) is 3.80. The second-order valence-corrected chi connectivity index (χ2v) is 7.74. The summed E-state index contributed by atoms with van der Waals surface area (Å²) >= 11 is 0. The van der Waals surface area contributed by atoms with E-state index < -0.39 is 0 Å². The molecular weight excluding hydrogens is 414 g/mol. The SMILES string of the molecule is COc1ccc(-c2ccc3c(NCCCNCc4cccc(OC)c4O)ccnc3c2)cc1. The first kappa shape index (κ1) is 22.4. The number of nitrogens with one attached hydrogen (secondary N) is 2. The van der Waals surface area contributed by atoms with E-state index in [1.54, 1.807) is 20.3 Å². The predicted octanol–water partition coefficient (Wildman–Crippen LogP) is 5.22. The van der Waals surface area contributed by atoms with Crippen LogP contribution in [0.15, 0.2) is 72.9 Å². The van der Waals surface area contributed by atoms with Crippen molar-refractivity contribution >= 4 is 16.6 Å². The largest absolute Gasteiger partial charge is 0.504 e. The monoisotopic (exact) mass is 443 g/mol. The lowest BCUT2D eigenvalue weighted by atomic mass is 10.0. The first-order chi connectivity index (χ1) is 16.2. The summed E-state index contributed by atoms with van der Waals surface area (Å²) in [5.41, 5.74) is 5.12. The number of hydrogen-bond donors (Lipinski definition) is 3. The van der Waals surface area contributed by atoms with Crippen LogP contribution in [0.1, 0.15) is 12.0 Å².